The molecule has 0 radical (unpaired) electrons. The van der Waals surface area contributed by atoms with E-state index in [4.69, 9.17) is 20.4 Å². The lowest BCUT2D eigenvalue weighted by atomic mass is 10.2. The molecule has 0 aliphatic carbocycles. The van der Waals surface area contributed by atoms with Crippen molar-refractivity contribution in [2.75, 3.05) is 13.2 Å². The Balaban J connectivity index is 2.20. The van der Waals surface area contributed by atoms with Gasteiger partial charge in [-0.15, -0.1) is 0 Å². The molecule has 1 aliphatic rings. The van der Waals surface area contributed by atoms with Gasteiger partial charge in [0, 0.05) is 6.20 Å². The van der Waals surface area contributed by atoms with E-state index in [1.54, 1.807) is 12.3 Å². The lowest BCUT2D eigenvalue weighted by Crippen LogP contribution is -2.39. The van der Waals surface area contributed by atoms with E-state index in [0.29, 0.717) is 24.5 Å². The molecule has 3 N–H and O–H groups in total. The summed E-state index contributed by atoms with van der Waals surface area (Å²) in [5.41, 5.74) is 6.02. The van der Waals surface area contributed by atoms with Crippen LogP contribution in [0.5, 0.6) is 5.75 Å². The minimum atomic E-state index is 0.00708. The molecule has 1 aromatic rings. The molecule has 0 amide bonds. The molecule has 6 nitrogen and oxygen atoms in total. The lowest BCUT2D eigenvalue weighted by Gasteiger charge is -2.27. The number of pyridine rings is 1. The molecular formula is C9H11N3O3. The summed E-state index contributed by atoms with van der Waals surface area (Å²) in [5.74, 6) is 0.508. The van der Waals surface area contributed by atoms with Crippen LogP contribution in [0.25, 0.3) is 0 Å². The summed E-state index contributed by atoms with van der Waals surface area (Å²) in [6, 6.07) is 1.63. The van der Waals surface area contributed by atoms with Crippen LogP contribution in [0.15, 0.2) is 23.6 Å². The molecule has 80 valence electrons. The highest BCUT2D eigenvalue weighted by atomic mass is 16.6. The first-order valence-electron chi connectivity index (χ1n) is 4.47. The molecule has 0 unspecified atom stereocenters. The summed E-state index contributed by atoms with van der Waals surface area (Å²) in [7, 11) is 0. The Bertz CT molecular complexity index is 377. The third-order valence-corrected chi connectivity index (χ3v) is 2.07. The van der Waals surface area contributed by atoms with Crippen LogP contribution in [0.1, 0.15) is 5.56 Å². The topological polar surface area (TPSA) is 90.0 Å². The minimum Gasteiger partial charge on any atom is -0.483 e. The van der Waals surface area contributed by atoms with Gasteiger partial charge in [-0.3, -0.25) is 4.98 Å². The van der Waals surface area contributed by atoms with E-state index in [1.165, 1.54) is 6.20 Å². The van der Waals surface area contributed by atoms with Crippen molar-refractivity contribution in [1.82, 2.24) is 4.98 Å². The van der Waals surface area contributed by atoms with E-state index in [9.17, 15) is 0 Å². The largest absolute Gasteiger partial charge is 0.483 e. The van der Waals surface area contributed by atoms with Crippen LogP contribution < -0.4 is 10.5 Å². The Morgan fingerprint density at radius 1 is 1.67 bits per heavy atom. The maximum atomic E-state index is 8.58. The number of amidine groups is 1. The van der Waals surface area contributed by atoms with E-state index in [1.807, 2.05) is 0 Å². The molecule has 0 atom stereocenters. The average Bonchev–Trinajstić information content (AvgIpc) is 2.23. The van der Waals surface area contributed by atoms with E-state index in [2.05, 4.69) is 10.1 Å². The zero-order valence-electron chi connectivity index (χ0n) is 7.96. The predicted molar refractivity (Wildman–Crippen MR) is 52.0 cm³/mol. The second kappa shape index (κ2) is 4.14. The number of nitrogens with zero attached hydrogens (tertiary/aromatic N) is 2. The standard InChI is InChI=1S/C9H11N3O3/c10-9(12-13)7-1-2-11-3-8(7)15-6-4-14-5-6/h1-3,6,13H,4-5H2,(H2,10,12). The van der Waals surface area contributed by atoms with E-state index in [-0.39, 0.29) is 11.9 Å². The quantitative estimate of drug-likeness (QED) is 0.315. The van der Waals surface area contributed by atoms with Gasteiger partial charge in [0.2, 0.25) is 0 Å². The molecule has 2 heterocycles. The van der Waals surface area contributed by atoms with Crippen molar-refractivity contribution in [2.24, 2.45) is 10.9 Å². The van der Waals surface area contributed by atoms with Gasteiger partial charge < -0.3 is 20.4 Å². The van der Waals surface area contributed by atoms with Crippen LogP contribution in [-0.4, -0.2) is 35.3 Å². The summed E-state index contributed by atoms with van der Waals surface area (Å²) in [5, 5.41) is 11.5. The molecule has 1 aliphatic heterocycles. The first-order chi connectivity index (χ1) is 7.31. The zero-order valence-corrected chi connectivity index (χ0v) is 7.96. The second-order valence-corrected chi connectivity index (χ2v) is 3.13. The fraction of sp³-hybridized carbons (Fsp3) is 0.333. The first-order valence-corrected chi connectivity index (χ1v) is 4.47. The normalized spacial score (nSPS) is 17.2. The molecule has 1 saturated heterocycles. The highest BCUT2D eigenvalue weighted by molar-refractivity contribution is 5.99. The Morgan fingerprint density at radius 2 is 2.47 bits per heavy atom. The third-order valence-electron chi connectivity index (χ3n) is 2.07. The fourth-order valence-corrected chi connectivity index (χ4v) is 1.20. The van der Waals surface area contributed by atoms with Crippen molar-refractivity contribution >= 4 is 5.84 Å². The summed E-state index contributed by atoms with van der Waals surface area (Å²) >= 11 is 0. The third kappa shape index (κ3) is 1.99. The highest BCUT2D eigenvalue weighted by Crippen LogP contribution is 2.19. The average molecular weight is 209 g/mol. The van der Waals surface area contributed by atoms with Gasteiger partial charge in [-0.1, -0.05) is 5.16 Å². The Labute approximate surface area is 86.3 Å². The Kier molecular flexibility index (Phi) is 2.68. The van der Waals surface area contributed by atoms with Gasteiger partial charge in [0.05, 0.1) is 25.0 Å². The maximum Gasteiger partial charge on any atom is 0.173 e. The van der Waals surface area contributed by atoms with Crippen molar-refractivity contribution in [1.29, 1.82) is 0 Å². The monoisotopic (exact) mass is 209 g/mol. The number of aromatic nitrogens is 1. The molecule has 1 aromatic heterocycles. The van der Waals surface area contributed by atoms with Gasteiger partial charge in [-0.05, 0) is 6.07 Å². The first kappa shape index (κ1) is 9.72. The molecule has 0 saturated carbocycles. The van der Waals surface area contributed by atoms with Crippen molar-refractivity contribution in [3.8, 4) is 5.75 Å². The predicted octanol–water partition coefficient (Wildman–Crippen LogP) is -0.0463. The number of oxime groups is 1. The SMILES string of the molecule is N/C(=N/O)c1ccncc1OC1COC1. The Hall–Kier alpha value is -1.82. The van der Waals surface area contributed by atoms with Crippen LogP contribution >= 0.6 is 0 Å². The highest BCUT2D eigenvalue weighted by Gasteiger charge is 2.22. The van der Waals surface area contributed by atoms with Gasteiger partial charge >= 0.3 is 0 Å². The molecule has 0 bridgehead atoms. The van der Waals surface area contributed by atoms with Gasteiger partial charge in [-0.25, -0.2) is 0 Å². The summed E-state index contributed by atoms with van der Waals surface area (Å²) < 4.78 is 10.5. The molecular weight excluding hydrogens is 198 g/mol. The van der Waals surface area contributed by atoms with Crippen molar-refractivity contribution in [3.05, 3.63) is 24.0 Å². The molecule has 0 aromatic carbocycles. The van der Waals surface area contributed by atoms with Crippen LogP contribution in [0, 0.1) is 0 Å². The number of ether oxygens (including phenoxy) is 2. The number of hydrogen-bond donors (Lipinski definition) is 2. The number of hydrogen-bond acceptors (Lipinski definition) is 5. The Morgan fingerprint density at radius 3 is 3.07 bits per heavy atom. The summed E-state index contributed by atoms with van der Waals surface area (Å²) in [6.07, 6.45) is 3.11. The van der Waals surface area contributed by atoms with Crippen molar-refractivity contribution < 1.29 is 14.7 Å². The molecule has 0 spiro atoms. The van der Waals surface area contributed by atoms with Gasteiger partial charge in [0.25, 0.3) is 0 Å². The molecule has 6 heteroatoms. The zero-order chi connectivity index (χ0) is 10.7. The van der Waals surface area contributed by atoms with Gasteiger partial charge in [0.15, 0.2) is 5.84 Å². The van der Waals surface area contributed by atoms with E-state index < -0.39 is 0 Å². The number of nitrogens with two attached hydrogens (primary N) is 1. The summed E-state index contributed by atoms with van der Waals surface area (Å²) in [4.78, 5) is 3.92. The van der Waals surface area contributed by atoms with Crippen LogP contribution in [0.3, 0.4) is 0 Å². The van der Waals surface area contributed by atoms with Gasteiger partial charge in [-0.2, -0.15) is 0 Å². The summed E-state index contributed by atoms with van der Waals surface area (Å²) in [6.45, 7) is 1.12. The second-order valence-electron chi connectivity index (χ2n) is 3.13. The lowest BCUT2D eigenvalue weighted by molar-refractivity contribution is -0.0798. The van der Waals surface area contributed by atoms with Crippen LogP contribution in [0.4, 0.5) is 0 Å². The van der Waals surface area contributed by atoms with Crippen LogP contribution in [-0.2, 0) is 4.74 Å². The minimum absolute atomic E-state index is 0.00708. The maximum absolute atomic E-state index is 8.58. The molecule has 2 rings (SSSR count). The molecule has 1 fully saturated rings. The van der Waals surface area contributed by atoms with E-state index in [0.717, 1.165) is 0 Å². The van der Waals surface area contributed by atoms with E-state index >= 15 is 0 Å². The van der Waals surface area contributed by atoms with Crippen LogP contribution in [0.2, 0.25) is 0 Å². The van der Waals surface area contributed by atoms with Crippen molar-refractivity contribution in [2.45, 2.75) is 6.10 Å². The fourth-order valence-electron chi connectivity index (χ4n) is 1.20. The van der Waals surface area contributed by atoms with Gasteiger partial charge in [0.1, 0.15) is 11.9 Å². The van der Waals surface area contributed by atoms with Crippen molar-refractivity contribution in [3.63, 3.8) is 0 Å². The smallest absolute Gasteiger partial charge is 0.173 e. The molecule has 15 heavy (non-hydrogen) atoms. The number of rotatable bonds is 3.